The van der Waals surface area contributed by atoms with E-state index in [4.69, 9.17) is 5.11 Å². The van der Waals surface area contributed by atoms with Gasteiger partial charge in [-0.3, -0.25) is 4.68 Å². The van der Waals surface area contributed by atoms with Crippen LogP contribution in [0.3, 0.4) is 0 Å². The predicted molar refractivity (Wildman–Crippen MR) is 68.2 cm³/mol. The van der Waals surface area contributed by atoms with Crippen molar-refractivity contribution in [3.63, 3.8) is 0 Å². The molecule has 2 N–H and O–H groups in total. The largest absolute Gasteiger partial charge is 0.396 e. The van der Waals surface area contributed by atoms with Crippen molar-refractivity contribution in [2.75, 3.05) is 6.61 Å². The minimum atomic E-state index is 0.208. The number of aliphatic hydroxyl groups excluding tert-OH is 1. The quantitative estimate of drug-likeness (QED) is 0.866. The Balaban J connectivity index is 2.61. The Bertz CT molecular complexity index is 351. The number of halogens is 1. The number of aryl methyl sites for hydroxylation is 2. The van der Waals surface area contributed by atoms with Gasteiger partial charge in [0.25, 0.3) is 0 Å². The van der Waals surface area contributed by atoms with E-state index in [0.717, 1.165) is 22.4 Å². The van der Waals surface area contributed by atoms with Crippen molar-refractivity contribution >= 4 is 15.9 Å². The van der Waals surface area contributed by atoms with Crippen molar-refractivity contribution in [1.29, 1.82) is 0 Å². The fraction of sp³-hybridized carbons (Fsp3) is 0.727. The highest BCUT2D eigenvalue weighted by Gasteiger charge is 2.14. The van der Waals surface area contributed by atoms with E-state index in [2.05, 4.69) is 33.3 Å². The van der Waals surface area contributed by atoms with Crippen LogP contribution in [0.4, 0.5) is 0 Å². The summed E-state index contributed by atoms with van der Waals surface area (Å²) in [6.07, 6.45) is 0. The van der Waals surface area contributed by atoms with Crippen LogP contribution >= 0.6 is 15.9 Å². The van der Waals surface area contributed by atoms with Gasteiger partial charge in [-0.2, -0.15) is 5.10 Å². The zero-order chi connectivity index (χ0) is 12.3. The molecule has 0 aromatic carbocycles. The van der Waals surface area contributed by atoms with E-state index in [-0.39, 0.29) is 18.6 Å². The van der Waals surface area contributed by atoms with Crippen molar-refractivity contribution < 1.29 is 5.11 Å². The minimum absolute atomic E-state index is 0.208. The molecule has 0 bridgehead atoms. The molecular formula is C11H20BrN3O. The Hall–Kier alpha value is -0.390. The number of nitrogens with one attached hydrogen (secondary N) is 1. The molecule has 92 valence electrons. The average Bonchev–Trinajstić information content (AvgIpc) is 2.49. The maximum absolute atomic E-state index is 9.05. The molecule has 0 radical (unpaired) electrons. The number of hydrogen-bond donors (Lipinski definition) is 2. The first-order valence-corrected chi connectivity index (χ1v) is 6.28. The maximum Gasteiger partial charge on any atom is 0.0739 e. The smallest absolute Gasteiger partial charge is 0.0739 e. The molecule has 0 saturated heterocycles. The van der Waals surface area contributed by atoms with Crippen LogP contribution in [0.1, 0.15) is 25.2 Å². The summed E-state index contributed by atoms with van der Waals surface area (Å²) in [5.74, 6) is 0.257. The molecule has 2 unspecified atom stereocenters. The molecule has 1 aromatic heterocycles. The van der Waals surface area contributed by atoms with Gasteiger partial charge in [-0.15, -0.1) is 0 Å². The molecule has 0 aliphatic carbocycles. The number of aliphatic hydroxyl groups is 1. The molecule has 16 heavy (non-hydrogen) atoms. The summed E-state index contributed by atoms with van der Waals surface area (Å²) in [5, 5.41) is 16.8. The first-order valence-electron chi connectivity index (χ1n) is 5.49. The van der Waals surface area contributed by atoms with E-state index >= 15 is 0 Å². The van der Waals surface area contributed by atoms with Gasteiger partial charge in [0.05, 0.1) is 15.9 Å². The molecule has 0 aliphatic heterocycles. The van der Waals surface area contributed by atoms with Gasteiger partial charge in [-0.05, 0) is 35.7 Å². The van der Waals surface area contributed by atoms with Gasteiger partial charge < -0.3 is 10.4 Å². The summed E-state index contributed by atoms with van der Waals surface area (Å²) >= 11 is 3.53. The van der Waals surface area contributed by atoms with Gasteiger partial charge in [0.1, 0.15) is 0 Å². The SMILES string of the molecule is Cc1nn(C)c(CNC(C)C(C)CO)c1Br. The molecule has 1 heterocycles. The van der Waals surface area contributed by atoms with Gasteiger partial charge in [0.15, 0.2) is 0 Å². The summed E-state index contributed by atoms with van der Waals surface area (Å²) in [5.41, 5.74) is 2.14. The molecule has 0 aliphatic rings. The second kappa shape index (κ2) is 5.80. The first kappa shape index (κ1) is 13.7. The summed E-state index contributed by atoms with van der Waals surface area (Å²) in [6.45, 7) is 7.05. The van der Waals surface area contributed by atoms with Gasteiger partial charge in [-0.25, -0.2) is 0 Å². The molecule has 0 saturated carbocycles. The number of aromatic nitrogens is 2. The zero-order valence-corrected chi connectivity index (χ0v) is 11.9. The summed E-state index contributed by atoms with van der Waals surface area (Å²) in [4.78, 5) is 0. The minimum Gasteiger partial charge on any atom is -0.396 e. The van der Waals surface area contributed by atoms with Crippen molar-refractivity contribution in [2.24, 2.45) is 13.0 Å². The fourth-order valence-corrected chi connectivity index (χ4v) is 1.97. The highest BCUT2D eigenvalue weighted by Crippen LogP contribution is 2.20. The molecule has 0 fully saturated rings. The van der Waals surface area contributed by atoms with Crippen LogP contribution in [0.15, 0.2) is 4.47 Å². The van der Waals surface area contributed by atoms with Crippen LogP contribution < -0.4 is 5.32 Å². The van der Waals surface area contributed by atoms with Crippen LogP contribution in [-0.2, 0) is 13.6 Å². The molecule has 0 amide bonds. The Morgan fingerprint density at radius 3 is 2.56 bits per heavy atom. The second-order valence-electron chi connectivity index (χ2n) is 4.30. The molecule has 4 nitrogen and oxygen atoms in total. The van der Waals surface area contributed by atoms with Crippen LogP contribution in [0.5, 0.6) is 0 Å². The van der Waals surface area contributed by atoms with E-state index in [1.54, 1.807) is 0 Å². The van der Waals surface area contributed by atoms with Crippen LogP contribution in [0.25, 0.3) is 0 Å². The lowest BCUT2D eigenvalue weighted by Gasteiger charge is -2.19. The van der Waals surface area contributed by atoms with E-state index in [1.165, 1.54) is 0 Å². The second-order valence-corrected chi connectivity index (χ2v) is 5.09. The van der Waals surface area contributed by atoms with E-state index in [1.807, 2.05) is 25.6 Å². The van der Waals surface area contributed by atoms with E-state index in [0.29, 0.717) is 0 Å². The summed E-state index contributed by atoms with van der Waals surface area (Å²) in [6, 6.07) is 0.284. The number of nitrogens with zero attached hydrogens (tertiary/aromatic N) is 2. The zero-order valence-electron chi connectivity index (χ0n) is 10.3. The molecular weight excluding hydrogens is 270 g/mol. The van der Waals surface area contributed by atoms with Crippen LogP contribution in [0.2, 0.25) is 0 Å². The highest BCUT2D eigenvalue weighted by molar-refractivity contribution is 9.10. The Kier molecular flexibility index (Phi) is 4.95. The number of hydrogen-bond acceptors (Lipinski definition) is 3. The standard InChI is InChI=1S/C11H20BrN3O/c1-7(6-16)8(2)13-5-10-11(12)9(3)14-15(10)4/h7-8,13,16H,5-6H2,1-4H3. The van der Waals surface area contributed by atoms with Crippen molar-refractivity contribution in [3.05, 3.63) is 15.9 Å². The fourth-order valence-electron chi connectivity index (χ4n) is 1.49. The molecule has 0 spiro atoms. The lowest BCUT2D eigenvalue weighted by atomic mass is 10.1. The Labute approximate surface area is 105 Å². The Morgan fingerprint density at radius 1 is 1.50 bits per heavy atom. The van der Waals surface area contributed by atoms with E-state index in [9.17, 15) is 0 Å². The monoisotopic (exact) mass is 289 g/mol. The lowest BCUT2D eigenvalue weighted by Crippen LogP contribution is -2.34. The third-order valence-corrected chi connectivity index (χ3v) is 4.03. The highest BCUT2D eigenvalue weighted by atomic mass is 79.9. The van der Waals surface area contributed by atoms with E-state index < -0.39 is 0 Å². The van der Waals surface area contributed by atoms with Crippen LogP contribution in [-0.4, -0.2) is 27.5 Å². The van der Waals surface area contributed by atoms with Crippen molar-refractivity contribution in [3.8, 4) is 0 Å². The molecule has 2 atom stereocenters. The summed E-state index contributed by atoms with van der Waals surface area (Å²) < 4.78 is 2.94. The van der Waals surface area contributed by atoms with Gasteiger partial charge in [-0.1, -0.05) is 6.92 Å². The predicted octanol–water partition coefficient (Wildman–Crippen LogP) is 1.60. The van der Waals surface area contributed by atoms with Crippen molar-refractivity contribution in [1.82, 2.24) is 15.1 Å². The molecule has 5 heteroatoms. The van der Waals surface area contributed by atoms with Crippen molar-refractivity contribution in [2.45, 2.75) is 33.4 Å². The summed E-state index contributed by atoms with van der Waals surface area (Å²) in [7, 11) is 1.94. The van der Waals surface area contributed by atoms with Gasteiger partial charge in [0.2, 0.25) is 0 Å². The van der Waals surface area contributed by atoms with Gasteiger partial charge in [0, 0.05) is 26.2 Å². The Morgan fingerprint density at radius 2 is 2.12 bits per heavy atom. The lowest BCUT2D eigenvalue weighted by molar-refractivity contribution is 0.206. The topological polar surface area (TPSA) is 50.1 Å². The first-order chi connectivity index (χ1) is 7.47. The maximum atomic E-state index is 9.05. The normalized spacial score (nSPS) is 15.1. The third-order valence-electron chi connectivity index (χ3n) is 2.99. The third kappa shape index (κ3) is 3.06. The molecule has 1 rings (SSSR count). The molecule has 1 aromatic rings. The van der Waals surface area contributed by atoms with Gasteiger partial charge >= 0.3 is 0 Å². The average molecular weight is 290 g/mol. The number of rotatable bonds is 5. The van der Waals surface area contributed by atoms with Crippen LogP contribution in [0, 0.1) is 12.8 Å².